The van der Waals surface area contributed by atoms with E-state index in [-0.39, 0.29) is 23.4 Å². The van der Waals surface area contributed by atoms with Crippen LogP contribution >= 0.6 is 0 Å². The Balaban J connectivity index is 2.81. The van der Waals surface area contributed by atoms with Gasteiger partial charge in [0.15, 0.2) is 17.7 Å². The van der Waals surface area contributed by atoms with Crippen molar-refractivity contribution in [2.45, 2.75) is 0 Å². The average Bonchev–Trinajstić information content (AvgIpc) is 2.61. The molecule has 0 bridgehead atoms. The summed E-state index contributed by atoms with van der Waals surface area (Å²) < 4.78 is 31.5. The van der Waals surface area contributed by atoms with E-state index >= 15 is 0 Å². The van der Waals surface area contributed by atoms with Gasteiger partial charge in [0.2, 0.25) is 0 Å². The normalized spacial score (nSPS) is 10.6. The minimum absolute atomic E-state index is 0.0417. The lowest BCUT2D eigenvalue weighted by Crippen LogP contribution is -1.94. The molecule has 2 aromatic rings. The molecule has 0 amide bonds. The van der Waals surface area contributed by atoms with Crippen molar-refractivity contribution in [2.75, 3.05) is 12.4 Å². The Kier molecular flexibility index (Phi) is 2.11. The Morgan fingerprint density at radius 3 is 2.87 bits per heavy atom. The molecule has 4 nitrogen and oxygen atoms in total. The highest BCUT2D eigenvalue weighted by Gasteiger charge is 2.17. The molecule has 0 spiro atoms. The molecule has 6 heteroatoms. The summed E-state index contributed by atoms with van der Waals surface area (Å²) in [6, 6.07) is 0.988. The van der Waals surface area contributed by atoms with Gasteiger partial charge in [-0.15, -0.1) is 0 Å². The van der Waals surface area contributed by atoms with E-state index in [1.807, 2.05) is 0 Å². The third-order valence-corrected chi connectivity index (χ3v) is 1.94. The first-order valence-corrected chi connectivity index (χ1v) is 4.09. The van der Waals surface area contributed by atoms with Crippen molar-refractivity contribution in [3.8, 4) is 0 Å². The summed E-state index contributed by atoms with van der Waals surface area (Å²) >= 11 is 0. The van der Waals surface area contributed by atoms with E-state index in [2.05, 4.69) is 10.3 Å². The number of nitrogens with zero attached hydrogens (tertiary/aromatic N) is 1. The Labute approximate surface area is 82.9 Å². The maximum Gasteiger partial charge on any atom is 0.295 e. The fourth-order valence-electron chi connectivity index (χ4n) is 1.23. The number of nitrogens with one attached hydrogen (secondary N) is 1. The molecular formula is C9H6F2N2O2. The summed E-state index contributed by atoms with van der Waals surface area (Å²) in [6.45, 7) is 0. The topological polar surface area (TPSA) is 55.1 Å². The Hall–Kier alpha value is -1.98. The van der Waals surface area contributed by atoms with Gasteiger partial charge in [0.1, 0.15) is 11.3 Å². The molecule has 15 heavy (non-hydrogen) atoms. The van der Waals surface area contributed by atoms with Gasteiger partial charge in [-0.1, -0.05) is 0 Å². The molecule has 0 aliphatic carbocycles. The number of anilines is 1. The van der Waals surface area contributed by atoms with Gasteiger partial charge in [0.05, 0.1) is 5.56 Å². The van der Waals surface area contributed by atoms with Crippen LogP contribution in [-0.2, 0) is 0 Å². The van der Waals surface area contributed by atoms with Gasteiger partial charge in [-0.05, 0) is 0 Å². The number of fused-ring (bicyclic) bond motifs is 1. The van der Waals surface area contributed by atoms with Crippen LogP contribution in [0.5, 0.6) is 0 Å². The van der Waals surface area contributed by atoms with Crippen LogP contribution in [0.1, 0.15) is 10.4 Å². The van der Waals surface area contributed by atoms with Crippen LogP contribution in [0, 0.1) is 11.6 Å². The van der Waals surface area contributed by atoms with Crippen molar-refractivity contribution >= 4 is 23.4 Å². The van der Waals surface area contributed by atoms with Crippen molar-refractivity contribution in [1.82, 2.24) is 4.98 Å². The lowest BCUT2D eigenvalue weighted by molar-refractivity contribution is 0.111. The molecule has 0 radical (unpaired) electrons. The number of aromatic nitrogens is 1. The van der Waals surface area contributed by atoms with Crippen molar-refractivity contribution in [3.63, 3.8) is 0 Å². The van der Waals surface area contributed by atoms with E-state index in [4.69, 9.17) is 4.42 Å². The van der Waals surface area contributed by atoms with E-state index < -0.39 is 17.2 Å². The zero-order chi connectivity index (χ0) is 11.0. The number of benzene rings is 1. The highest BCUT2D eigenvalue weighted by molar-refractivity contribution is 5.85. The molecule has 0 aliphatic rings. The Morgan fingerprint density at radius 2 is 2.27 bits per heavy atom. The fraction of sp³-hybridized carbons (Fsp3) is 0.111. The second kappa shape index (κ2) is 3.30. The van der Waals surface area contributed by atoms with Crippen LogP contribution in [0.15, 0.2) is 10.5 Å². The summed E-state index contributed by atoms with van der Waals surface area (Å²) in [5.41, 5.74) is -0.846. The number of halogens is 2. The largest absolute Gasteiger partial charge is 0.423 e. The predicted molar refractivity (Wildman–Crippen MR) is 48.9 cm³/mol. The highest BCUT2D eigenvalue weighted by Crippen LogP contribution is 2.25. The van der Waals surface area contributed by atoms with Crippen LogP contribution < -0.4 is 5.32 Å². The zero-order valence-corrected chi connectivity index (χ0v) is 7.67. The first-order chi connectivity index (χ1) is 7.17. The van der Waals surface area contributed by atoms with Crippen LogP contribution in [-0.4, -0.2) is 18.3 Å². The van der Waals surface area contributed by atoms with Gasteiger partial charge in [-0.3, -0.25) is 4.79 Å². The summed E-state index contributed by atoms with van der Waals surface area (Å²) in [7, 11) is 1.53. The number of rotatable bonds is 2. The van der Waals surface area contributed by atoms with Crippen LogP contribution in [0.3, 0.4) is 0 Å². The van der Waals surface area contributed by atoms with E-state index in [0.29, 0.717) is 0 Å². The Bertz CT molecular complexity index is 536. The highest BCUT2D eigenvalue weighted by atomic mass is 19.1. The van der Waals surface area contributed by atoms with Gasteiger partial charge in [0, 0.05) is 13.1 Å². The lowest BCUT2D eigenvalue weighted by atomic mass is 10.2. The first kappa shape index (κ1) is 9.57. The molecule has 1 aromatic heterocycles. The standard InChI is InChI=1S/C9H6F2N2O2/c1-12-9-13-8-6(15-9)2-5(10)4(3-14)7(8)11/h2-3H,1H3,(H,12,13). The summed E-state index contributed by atoms with van der Waals surface area (Å²) in [5, 5.41) is 2.55. The number of aldehydes is 1. The second-order valence-corrected chi connectivity index (χ2v) is 2.82. The average molecular weight is 212 g/mol. The second-order valence-electron chi connectivity index (χ2n) is 2.82. The van der Waals surface area contributed by atoms with Gasteiger partial charge < -0.3 is 9.73 Å². The van der Waals surface area contributed by atoms with Crippen LogP contribution in [0.25, 0.3) is 11.1 Å². The molecule has 1 aromatic carbocycles. The van der Waals surface area contributed by atoms with Gasteiger partial charge in [-0.2, -0.15) is 4.98 Å². The van der Waals surface area contributed by atoms with E-state index in [0.717, 1.165) is 6.07 Å². The molecule has 2 rings (SSSR count). The van der Waals surface area contributed by atoms with E-state index in [1.54, 1.807) is 0 Å². The molecule has 1 N–H and O–H groups in total. The van der Waals surface area contributed by atoms with Gasteiger partial charge in [-0.25, -0.2) is 8.78 Å². The number of carbonyl (C=O) groups is 1. The summed E-state index contributed by atoms with van der Waals surface area (Å²) in [6.07, 6.45) is 0.109. The van der Waals surface area contributed by atoms with Crippen molar-refractivity contribution in [1.29, 1.82) is 0 Å². The minimum atomic E-state index is -1.01. The monoisotopic (exact) mass is 212 g/mol. The molecule has 0 fully saturated rings. The third kappa shape index (κ3) is 1.34. The fourth-order valence-corrected chi connectivity index (χ4v) is 1.23. The number of hydrogen-bond acceptors (Lipinski definition) is 4. The van der Waals surface area contributed by atoms with E-state index in [1.165, 1.54) is 7.05 Å². The maximum atomic E-state index is 13.5. The molecule has 0 saturated carbocycles. The van der Waals surface area contributed by atoms with Gasteiger partial charge >= 0.3 is 0 Å². The van der Waals surface area contributed by atoms with E-state index in [9.17, 15) is 13.6 Å². The van der Waals surface area contributed by atoms with Crippen molar-refractivity contribution in [2.24, 2.45) is 0 Å². The molecule has 78 valence electrons. The minimum Gasteiger partial charge on any atom is -0.423 e. The molecule has 0 saturated heterocycles. The summed E-state index contributed by atoms with van der Waals surface area (Å²) in [5.74, 6) is -1.97. The number of oxazole rings is 1. The SMILES string of the molecule is CNc1nc2c(F)c(C=O)c(F)cc2o1. The zero-order valence-electron chi connectivity index (χ0n) is 7.67. The van der Waals surface area contributed by atoms with Crippen LogP contribution in [0.4, 0.5) is 14.8 Å². The molecule has 0 atom stereocenters. The maximum absolute atomic E-state index is 13.5. The molecule has 0 unspecified atom stereocenters. The quantitative estimate of drug-likeness (QED) is 0.773. The molecule has 0 aliphatic heterocycles. The van der Waals surface area contributed by atoms with Crippen molar-refractivity contribution < 1.29 is 18.0 Å². The first-order valence-electron chi connectivity index (χ1n) is 4.09. The molecule has 1 heterocycles. The van der Waals surface area contributed by atoms with Crippen LogP contribution in [0.2, 0.25) is 0 Å². The summed E-state index contributed by atoms with van der Waals surface area (Å²) in [4.78, 5) is 14.1. The molecular weight excluding hydrogens is 206 g/mol. The lowest BCUT2D eigenvalue weighted by Gasteiger charge is -1.95. The smallest absolute Gasteiger partial charge is 0.295 e. The van der Waals surface area contributed by atoms with Gasteiger partial charge in [0.25, 0.3) is 6.01 Å². The number of carbonyl (C=O) groups excluding carboxylic acids is 1. The van der Waals surface area contributed by atoms with Crippen molar-refractivity contribution in [3.05, 3.63) is 23.3 Å². The Morgan fingerprint density at radius 1 is 1.53 bits per heavy atom. The number of hydrogen-bond donors (Lipinski definition) is 1. The predicted octanol–water partition coefficient (Wildman–Crippen LogP) is 1.96. The third-order valence-electron chi connectivity index (χ3n) is 1.94.